The molecule has 3 aromatic rings. The summed E-state index contributed by atoms with van der Waals surface area (Å²) in [5.74, 6) is 0.197. The van der Waals surface area contributed by atoms with E-state index in [1.54, 1.807) is 18.2 Å². The highest BCUT2D eigenvalue weighted by Gasteiger charge is 2.38. The van der Waals surface area contributed by atoms with Gasteiger partial charge in [0, 0.05) is 25.4 Å². The molecule has 1 aliphatic heterocycles. The summed E-state index contributed by atoms with van der Waals surface area (Å²) in [6.45, 7) is 1.43. The number of rotatable bonds is 10. The minimum atomic E-state index is -4.20. The molecule has 38 heavy (non-hydrogen) atoms. The Balaban J connectivity index is 1.80. The van der Waals surface area contributed by atoms with Gasteiger partial charge in [-0.05, 0) is 25.5 Å². The zero-order valence-corrected chi connectivity index (χ0v) is 23.4. The first-order valence-electron chi connectivity index (χ1n) is 11.4. The number of sulfonamides is 1. The number of methoxy groups -OCH3 is 3. The van der Waals surface area contributed by atoms with Crippen molar-refractivity contribution in [3.05, 3.63) is 47.3 Å². The molecule has 2 unspecified atom stereocenters. The van der Waals surface area contributed by atoms with Gasteiger partial charge in [0.25, 0.3) is 0 Å². The maximum Gasteiger partial charge on any atom is 0.243 e. The molecule has 4 rings (SSSR count). The Kier molecular flexibility index (Phi) is 8.11. The van der Waals surface area contributed by atoms with Crippen LogP contribution < -0.4 is 14.2 Å². The smallest absolute Gasteiger partial charge is 0.243 e. The Hall–Kier alpha value is -3.01. The number of halogens is 1. The zero-order valence-electron chi connectivity index (χ0n) is 21.0. The molecule has 1 fully saturated rings. The summed E-state index contributed by atoms with van der Waals surface area (Å²) in [6, 6.07) is 5.02. The van der Waals surface area contributed by atoms with Crippen LogP contribution in [-0.2, 0) is 24.6 Å². The quantitative estimate of drug-likeness (QED) is 0.370. The molecule has 1 saturated heterocycles. The van der Waals surface area contributed by atoms with Crippen molar-refractivity contribution in [2.45, 2.75) is 30.6 Å². The second-order valence-corrected chi connectivity index (χ2v) is 13.3. The van der Waals surface area contributed by atoms with Gasteiger partial charge in [-0.1, -0.05) is 17.7 Å². The van der Waals surface area contributed by atoms with Crippen LogP contribution in [0.25, 0.3) is 5.69 Å². The number of aromatic nitrogens is 5. The van der Waals surface area contributed by atoms with Gasteiger partial charge in [0.2, 0.25) is 16.0 Å². The first-order chi connectivity index (χ1) is 18.0. The van der Waals surface area contributed by atoms with Crippen molar-refractivity contribution in [1.29, 1.82) is 0 Å². The van der Waals surface area contributed by atoms with E-state index in [4.69, 9.17) is 25.8 Å². The highest BCUT2D eigenvalue weighted by molar-refractivity contribution is 7.93. The van der Waals surface area contributed by atoms with E-state index in [1.165, 1.54) is 45.2 Å². The second kappa shape index (κ2) is 11.0. The van der Waals surface area contributed by atoms with Crippen molar-refractivity contribution in [2.75, 3.05) is 37.6 Å². The van der Waals surface area contributed by atoms with E-state index in [0.717, 1.165) is 0 Å². The first-order valence-corrected chi connectivity index (χ1v) is 15.1. The number of para-hydroxylation sites is 1. The lowest BCUT2D eigenvalue weighted by molar-refractivity contribution is 0.0950. The minimum Gasteiger partial charge on any atom is -0.494 e. The van der Waals surface area contributed by atoms with Crippen LogP contribution in [0.4, 0.5) is 5.95 Å². The Labute approximate surface area is 225 Å². The minimum absolute atomic E-state index is 0.0116. The molecule has 13 nitrogen and oxygen atoms in total. The maximum atomic E-state index is 13.6. The van der Waals surface area contributed by atoms with Gasteiger partial charge in [-0.3, -0.25) is 9.29 Å². The molecule has 206 valence electrons. The summed E-state index contributed by atoms with van der Waals surface area (Å²) in [6.07, 6.45) is 1.95. The van der Waals surface area contributed by atoms with E-state index < -0.39 is 37.1 Å². The van der Waals surface area contributed by atoms with Crippen LogP contribution in [0.3, 0.4) is 0 Å². The van der Waals surface area contributed by atoms with Crippen LogP contribution >= 0.6 is 11.6 Å². The van der Waals surface area contributed by atoms with Crippen molar-refractivity contribution in [3.63, 3.8) is 0 Å². The lowest BCUT2D eigenvalue weighted by Crippen LogP contribution is -2.33. The Bertz CT molecular complexity index is 1490. The fourth-order valence-electron chi connectivity index (χ4n) is 4.26. The van der Waals surface area contributed by atoms with Crippen LogP contribution in [-0.4, -0.2) is 79.7 Å². The van der Waals surface area contributed by atoms with Crippen molar-refractivity contribution >= 4 is 37.4 Å². The van der Waals surface area contributed by atoms with Crippen LogP contribution in [0, 0.1) is 0 Å². The van der Waals surface area contributed by atoms with Crippen molar-refractivity contribution < 1.29 is 31.0 Å². The summed E-state index contributed by atoms with van der Waals surface area (Å²) >= 11 is 5.86. The monoisotopic (exact) mass is 586 g/mol. The van der Waals surface area contributed by atoms with E-state index in [1.807, 2.05) is 0 Å². The molecule has 1 aromatic carbocycles. The van der Waals surface area contributed by atoms with Gasteiger partial charge in [-0.25, -0.2) is 26.8 Å². The summed E-state index contributed by atoms with van der Waals surface area (Å²) in [4.78, 5) is 8.18. The number of nitrogens with zero attached hydrogens (tertiary/aromatic N) is 5. The van der Waals surface area contributed by atoms with Crippen molar-refractivity contribution in [2.24, 2.45) is 0 Å². The van der Waals surface area contributed by atoms with E-state index >= 15 is 0 Å². The molecule has 2 aromatic heterocycles. The average Bonchev–Trinajstić information content (AvgIpc) is 3.46. The Morgan fingerprint density at radius 2 is 1.74 bits per heavy atom. The molecule has 1 N–H and O–H groups in total. The molecule has 0 radical (unpaired) electrons. The van der Waals surface area contributed by atoms with E-state index in [2.05, 4.69) is 24.9 Å². The number of ether oxygens (including phenoxy) is 3. The predicted molar refractivity (Wildman–Crippen MR) is 139 cm³/mol. The maximum absolute atomic E-state index is 13.6. The number of benzene rings is 1. The third-order valence-electron chi connectivity index (χ3n) is 6.21. The number of nitrogens with one attached hydrogen (secondary N) is 1. The SMILES string of the molecule is COc1cccc(OC)c1-n1c(NS(=O)(=O)C(C)C(OC)c2ncc(Cl)cn2)nnc1[C@@H]1CCS(=O)(=O)C1. The Morgan fingerprint density at radius 1 is 1.11 bits per heavy atom. The van der Waals surface area contributed by atoms with Crippen molar-refractivity contribution in [3.8, 4) is 17.2 Å². The normalized spacial score (nSPS) is 18.6. The highest BCUT2D eigenvalue weighted by Crippen LogP contribution is 2.39. The van der Waals surface area contributed by atoms with Crippen molar-refractivity contribution in [1.82, 2.24) is 24.7 Å². The first kappa shape index (κ1) is 28.0. The summed E-state index contributed by atoms with van der Waals surface area (Å²) < 4.78 is 72.0. The highest BCUT2D eigenvalue weighted by atomic mass is 35.5. The Morgan fingerprint density at radius 3 is 2.26 bits per heavy atom. The summed E-state index contributed by atoms with van der Waals surface area (Å²) in [7, 11) is -3.24. The third-order valence-corrected chi connectivity index (χ3v) is 9.87. The lowest BCUT2D eigenvalue weighted by Gasteiger charge is -2.23. The molecule has 0 aliphatic carbocycles. The molecular formula is C22H27ClN6O7S2. The van der Waals surface area contributed by atoms with E-state index in [9.17, 15) is 16.8 Å². The van der Waals surface area contributed by atoms with E-state index in [0.29, 0.717) is 23.6 Å². The number of hydrogen-bond acceptors (Lipinski definition) is 11. The second-order valence-electron chi connectivity index (χ2n) is 8.60. The van der Waals surface area contributed by atoms with Gasteiger partial charge >= 0.3 is 0 Å². The third kappa shape index (κ3) is 5.55. The summed E-state index contributed by atoms with van der Waals surface area (Å²) in [5, 5.41) is 7.41. The molecular weight excluding hydrogens is 560 g/mol. The molecule has 3 heterocycles. The van der Waals surface area contributed by atoms with Crippen LogP contribution in [0.15, 0.2) is 30.6 Å². The molecule has 16 heteroatoms. The van der Waals surface area contributed by atoms with Crippen LogP contribution in [0.1, 0.15) is 37.0 Å². The zero-order chi connectivity index (χ0) is 27.7. The molecule has 3 atom stereocenters. The number of anilines is 1. The number of sulfone groups is 1. The van der Waals surface area contributed by atoms with Gasteiger partial charge < -0.3 is 14.2 Å². The molecule has 0 spiro atoms. The van der Waals surface area contributed by atoms with Gasteiger partial charge in [-0.15, -0.1) is 10.2 Å². The molecule has 0 saturated carbocycles. The fraction of sp³-hybridized carbons (Fsp3) is 0.455. The largest absolute Gasteiger partial charge is 0.494 e. The standard InChI is InChI=1S/C22H27ClN6O7S2/c1-13(19(36-4)20-24-10-15(23)11-25-20)38(32,33)28-22-27-26-21(14-8-9-37(30,31)12-14)29(22)18-16(34-2)6-5-7-17(18)35-3/h5-7,10-11,13-14,19H,8-9,12H2,1-4H3,(H,27,28)/t13?,14-,19?/m1/s1. The number of hydrogen-bond donors (Lipinski definition) is 1. The topological polar surface area (TPSA) is 164 Å². The van der Waals surface area contributed by atoms with Gasteiger partial charge in [0.15, 0.2) is 15.7 Å². The lowest BCUT2D eigenvalue weighted by atomic mass is 10.1. The molecule has 0 amide bonds. The summed E-state index contributed by atoms with van der Waals surface area (Å²) in [5.41, 5.74) is 0.316. The van der Waals surface area contributed by atoms with Gasteiger partial charge in [0.1, 0.15) is 34.4 Å². The predicted octanol–water partition coefficient (Wildman–Crippen LogP) is 2.15. The molecule has 1 aliphatic rings. The van der Waals surface area contributed by atoms with Gasteiger partial charge in [0.05, 0.1) is 30.7 Å². The average molecular weight is 587 g/mol. The molecule has 0 bridgehead atoms. The fourth-order valence-corrected chi connectivity index (χ4v) is 7.22. The van der Waals surface area contributed by atoms with Crippen LogP contribution in [0.2, 0.25) is 5.02 Å². The van der Waals surface area contributed by atoms with Crippen LogP contribution in [0.5, 0.6) is 11.5 Å². The van der Waals surface area contributed by atoms with Gasteiger partial charge in [-0.2, -0.15) is 0 Å². The van der Waals surface area contributed by atoms with E-state index in [-0.39, 0.29) is 34.1 Å².